The van der Waals surface area contributed by atoms with E-state index in [9.17, 15) is 0 Å². The molecule has 2 saturated heterocycles. The lowest BCUT2D eigenvalue weighted by Gasteiger charge is -2.36. The van der Waals surface area contributed by atoms with Crippen molar-refractivity contribution in [1.82, 2.24) is 4.90 Å². The van der Waals surface area contributed by atoms with E-state index in [0.29, 0.717) is 12.7 Å². The fraction of sp³-hybridized carbons (Fsp3) is 1.00. The minimum atomic E-state index is 0.173. The Balaban J connectivity index is 1.81. The summed E-state index contributed by atoms with van der Waals surface area (Å²) >= 11 is 0. The zero-order valence-electron chi connectivity index (χ0n) is 9.28. The van der Waals surface area contributed by atoms with Crippen LogP contribution in [0.5, 0.6) is 0 Å². The first-order chi connectivity index (χ1) is 6.66. The Hall–Kier alpha value is -0.120. The highest BCUT2D eigenvalue weighted by Crippen LogP contribution is 2.35. The summed E-state index contributed by atoms with van der Waals surface area (Å²) in [6.07, 6.45) is 5.60. The first-order valence-electron chi connectivity index (χ1n) is 5.76. The van der Waals surface area contributed by atoms with Crippen molar-refractivity contribution in [2.24, 2.45) is 5.73 Å². The van der Waals surface area contributed by atoms with E-state index in [1.165, 1.54) is 25.7 Å². The third kappa shape index (κ3) is 2.10. The van der Waals surface area contributed by atoms with Crippen LogP contribution in [0.2, 0.25) is 0 Å². The Labute approximate surface area is 86.6 Å². The maximum absolute atomic E-state index is 5.82. The number of nitrogens with zero attached hydrogens (tertiary/aromatic N) is 1. The molecular formula is C11H22N2O. The molecule has 0 spiro atoms. The number of nitrogens with two attached hydrogens (primary N) is 1. The molecule has 0 amide bonds. The Morgan fingerprint density at radius 2 is 1.93 bits per heavy atom. The lowest BCUT2D eigenvalue weighted by atomic mass is 10.0. The molecule has 3 nitrogen and oxygen atoms in total. The molecule has 2 aliphatic rings. The van der Waals surface area contributed by atoms with Gasteiger partial charge in [0.2, 0.25) is 0 Å². The summed E-state index contributed by atoms with van der Waals surface area (Å²) in [6.45, 7) is 2.72. The van der Waals surface area contributed by atoms with E-state index in [-0.39, 0.29) is 6.04 Å². The van der Waals surface area contributed by atoms with Crippen LogP contribution < -0.4 is 5.73 Å². The molecule has 2 aliphatic heterocycles. The molecule has 0 aromatic carbocycles. The van der Waals surface area contributed by atoms with Crippen LogP contribution in [0.4, 0.5) is 0 Å². The van der Waals surface area contributed by atoms with Gasteiger partial charge in [-0.15, -0.1) is 0 Å². The fourth-order valence-electron chi connectivity index (χ4n) is 2.79. The average Bonchev–Trinajstić information content (AvgIpc) is 2.41. The highest BCUT2D eigenvalue weighted by molar-refractivity contribution is 4.93. The molecule has 0 saturated carbocycles. The van der Waals surface area contributed by atoms with E-state index < -0.39 is 0 Å². The van der Waals surface area contributed by atoms with Crippen molar-refractivity contribution >= 4 is 0 Å². The summed E-state index contributed by atoms with van der Waals surface area (Å²) < 4.78 is 5.82. The average molecular weight is 198 g/mol. The Morgan fingerprint density at radius 1 is 1.36 bits per heavy atom. The fourth-order valence-corrected chi connectivity index (χ4v) is 2.79. The van der Waals surface area contributed by atoms with E-state index in [1.807, 2.05) is 6.92 Å². The highest BCUT2D eigenvalue weighted by atomic mass is 16.5. The standard InChI is InChI=1S/C11H22N2O/c1-8(12)7-14-11-5-9-3-4-10(6-11)13(9)2/h8-11H,3-7,12H2,1-2H3. The van der Waals surface area contributed by atoms with Crippen LogP contribution in [-0.4, -0.2) is 42.8 Å². The quantitative estimate of drug-likeness (QED) is 0.734. The van der Waals surface area contributed by atoms with Crippen LogP contribution in [-0.2, 0) is 4.74 Å². The topological polar surface area (TPSA) is 38.5 Å². The van der Waals surface area contributed by atoms with Crippen LogP contribution in [0.1, 0.15) is 32.6 Å². The number of hydrogen-bond acceptors (Lipinski definition) is 3. The Bertz CT molecular complexity index is 182. The van der Waals surface area contributed by atoms with Crippen molar-refractivity contribution in [2.75, 3.05) is 13.7 Å². The predicted octanol–water partition coefficient (Wildman–Crippen LogP) is 0.975. The number of piperidine rings is 1. The molecule has 2 bridgehead atoms. The van der Waals surface area contributed by atoms with Gasteiger partial charge in [0.15, 0.2) is 0 Å². The lowest BCUT2D eigenvalue weighted by molar-refractivity contribution is -0.0158. The van der Waals surface area contributed by atoms with Gasteiger partial charge in [-0.3, -0.25) is 0 Å². The van der Waals surface area contributed by atoms with Gasteiger partial charge in [0.05, 0.1) is 12.7 Å². The first kappa shape index (κ1) is 10.4. The van der Waals surface area contributed by atoms with E-state index in [0.717, 1.165) is 12.1 Å². The van der Waals surface area contributed by atoms with Crippen LogP contribution in [0.15, 0.2) is 0 Å². The number of fused-ring (bicyclic) bond motifs is 2. The molecular weight excluding hydrogens is 176 g/mol. The molecule has 3 heteroatoms. The minimum absolute atomic E-state index is 0.173. The van der Waals surface area contributed by atoms with Crippen molar-refractivity contribution in [1.29, 1.82) is 0 Å². The summed E-state index contributed by atoms with van der Waals surface area (Å²) in [6, 6.07) is 1.71. The largest absolute Gasteiger partial charge is 0.377 e. The second kappa shape index (κ2) is 4.17. The van der Waals surface area contributed by atoms with E-state index in [1.54, 1.807) is 0 Å². The summed E-state index contributed by atoms with van der Waals surface area (Å²) in [7, 11) is 2.25. The van der Waals surface area contributed by atoms with Gasteiger partial charge >= 0.3 is 0 Å². The second-order valence-electron chi connectivity index (χ2n) is 4.95. The monoisotopic (exact) mass is 198 g/mol. The summed E-state index contributed by atoms with van der Waals surface area (Å²) in [5.74, 6) is 0. The maximum atomic E-state index is 5.82. The second-order valence-corrected chi connectivity index (χ2v) is 4.95. The molecule has 0 aromatic rings. The van der Waals surface area contributed by atoms with E-state index in [4.69, 9.17) is 10.5 Å². The van der Waals surface area contributed by atoms with Crippen LogP contribution >= 0.6 is 0 Å². The van der Waals surface area contributed by atoms with Gasteiger partial charge in [0.1, 0.15) is 0 Å². The van der Waals surface area contributed by atoms with Gasteiger partial charge < -0.3 is 15.4 Å². The lowest BCUT2D eigenvalue weighted by Crippen LogP contribution is -2.43. The molecule has 2 N–H and O–H groups in total. The first-order valence-corrected chi connectivity index (χ1v) is 5.76. The summed E-state index contributed by atoms with van der Waals surface area (Å²) in [5.41, 5.74) is 5.69. The van der Waals surface area contributed by atoms with Crippen LogP contribution in [0.3, 0.4) is 0 Å². The normalized spacial score (nSPS) is 40.1. The number of hydrogen-bond donors (Lipinski definition) is 1. The Morgan fingerprint density at radius 3 is 2.43 bits per heavy atom. The van der Waals surface area contributed by atoms with Crippen LogP contribution in [0.25, 0.3) is 0 Å². The molecule has 82 valence electrons. The molecule has 0 aliphatic carbocycles. The molecule has 0 aromatic heterocycles. The molecule has 3 unspecified atom stereocenters. The van der Waals surface area contributed by atoms with Crippen LogP contribution in [0, 0.1) is 0 Å². The molecule has 0 radical (unpaired) electrons. The highest BCUT2D eigenvalue weighted by Gasteiger charge is 2.38. The van der Waals surface area contributed by atoms with Gasteiger partial charge in [-0.1, -0.05) is 0 Å². The molecule has 2 fully saturated rings. The Kier molecular flexibility index (Phi) is 3.10. The smallest absolute Gasteiger partial charge is 0.0618 e. The van der Waals surface area contributed by atoms with Crippen molar-refractivity contribution in [3.63, 3.8) is 0 Å². The minimum Gasteiger partial charge on any atom is -0.377 e. The van der Waals surface area contributed by atoms with Gasteiger partial charge in [-0.05, 0) is 39.7 Å². The van der Waals surface area contributed by atoms with Gasteiger partial charge in [-0.2, -0.15) is 0 Å². The summed E-state index contributed by atoms with van der Waals surface area (Å²) in [5, 5.41) is 0. The van der Waals surface area contributed by atoms with Crippen molar-refractivity contribution in [3.05, 3.63) is 0 Å². The van der Waals surface area contributed by atoms with E-state index in [2.05, 4.69) is 11.9 Å². The number of rotatable bonds is 3. The molecule has 2 heterocycles. The third-order valence-corrected chi connectivity index (χ3v) is 3.65. The SMILES string of the molecule is CC(N)COC1CC2CCC(C1)N2C. The molecule has 14 heavy (non-hydrogen) atoms. The third-order valence-electron chi connectivity index (χ3n) is 3.65. The molecule has 2 rings (SSSR count). The molecule has 3 atom stereocenters. The zero-order chi connectivity index (χ0) is 10.1. The number of ether oxygens (including phenoxy) is 1. The zero-order valence-corrected chi connectivity index (χ0v) is 9.28. The van der Waals surface area contributed by atoms with Crippen molar-refractivity contribution in [3.8, 4) is 0 Å². The van der Waals surface area contributed by atoms with E-state index >= 15 is 0 Å². The van der Waals surface area contributed by atoms with Crippen molar-refractivity contribution in [2.45, 2.75) is 56.8 Å². The van der Waals surface area contributed by atoms with Gasteiger partial charge in [-0.25, -0.2) is 0 Å². The van der Waals surface area contributed by atoms with Crippen molar-refractivity contribution < 1.29 is 4.74 Å². The summed E-state index contributed by atoms with van der Waals surface area (Å²) in [4.78, 5) is 2.53. The van der Waals surface area contributed by atoms with Gasteiger partial charge in [0, 0.05) is 18.1 Å². The maximum Gasteiger partial charge on any atom is 0.0618 e. The predicted molar refractivity (Wildman–Crippen MR) is 57.2 cm³/mol. The van der Waals surface area contributed by atoms with Gasteiger partial charge in [0.25, 0.3) is 0 Å².